The van der Waals surface area contributed by atoms with E-state index in [1.54, 1.807) is 12.1 Å². The van der Waals surface area contributed by atoms with E-state index >= 15 is 0 Å². The third kappa shape index (κ3) is 3.33. The number of amides is 1. The first-order valence-electron chi connectivity index (χ1n) is 6.94. The molecular weight excluding hydrogens is 291 g/mol. The Bertz CT molecular complexity index is 642. The molecule has 1 heterocycles. The van der Waals surface area contributed by atoms with E-state index in [1.807, 2.05) is 6.92 Å². The molecule has 21 heavy (non-hydrogen) atoms. The minimum atomic E-state index is -0.410. The van der Waals surface area contributed by atoms with E-state index in [4.69, 9.17) is 10.8 Å². The monoisotopic (exact) mass is 310 g/mol. The summed E-state index contributed by atoms with van der Waals surface area (Å²) >= 11 is 1.19. The van der Waals surface area contributed by atoms with Gasteiger partial charge < -0.3 is 16.2 Å². The Hall–Kier alpha value is -1.66. The molecule has 4 nitrogen and oxygen atoms in total. The SMILES string of the molecule is CCC(CCO)CNC(=O)c1sc2cccc(F)c2c1N. The fourth-order valence-electron chi connectivity index (χ4n) is 2.25. The number of thiophene rings is 1. The van der Waals surface area contributed by atoms with Crippen LogP contribution in [0.3, 0.4) is 0 Å². The summed E-state index contributed by atoms with van der Waals surface area (Å²) in [5.41, 5.74) is 6.10. The van der Waals surface area contributed by atoms with Crippen molar-refractivity contribution in [2.24, 2.45) is 5.92 Å². The van der Waals surface area contributed by atoms with Gasteiger partial charge in [-0.25, -0.2) is 4.39 Å². The Morgan fingerprint density at radius 3 is 2.90 bits per heavy atom. The molecule has 0 radical (unpaired) electrons. The molecule has 0 aliphatic heterocycles. The van der Waals surface area contributed by atoms with Crippen molar-refractivity contribution in [2.75, 3.05) is 18.9 Å². The summed E-state index contributed by atoms with van der Waals surface area (Å²) in [7, 11) is 0. The maximum atomic E-state index is 13.8. The number of hydrogen-bond donors (Lipinski definition) is 3. The van der Waals surface area contributed by atoms with Gasteiger partial charge in [0, 0.05) is 17.9 Å². The average molecular weight is 310 g/mol. The Kier molecular flexibility index (Phi) is 5.14. The topological polar surface area (TPSA) is 75.3 Å². The van der Waals surface area contributed by atoms with E-state index in [0.717, 1.165) is 6.42 Å². The van der Waals surface area contributed by atoms with Crippen molar-refractivity contribution in [1.29, 1.82) is 0 Å². The summed E-state index contributed by atoms with van der Waals surface area (Å²) in [4.78, 5) is 12.5. The number of nitrogens with one attached hydrogen (secondary N) is 1. The summed E-state index contributed by atoms with van der Waals surface area (Å²) in [6, 6.07) is 4.68. The number of halogens is 1. The molecule has 1 unspecified atom stereocenters. The Morgan fingerprint density at radius 1 is 1.52 bits per heavy atom. The van der Waals surface area contributed by atoms with Gasteiger partial charge in [-0.05, 0) is 24.5 Å². The number of rotatable bonds is 6. The molecule has 6 heteroatoms. The Morgan fingerprint density at radius 2 is 2.29 bits per heavy atom. The van der Waals surface area contributed by atoms with E-state index in [0.29, 0.717) is 27.9 Å². The molecule has 2 aromatic rings. The molecule has 4 N–H and O–H groups in total. The van der Waals surface area contributed by atoms with Gasteiger partial charge in [0.25, 0.3) is 5.91 Å². The molecule has 114 valence electrons. The molecule has 0 fully saturated rings. The Balaban J connectivity index is 2.16. The lowest BCUT2D eigenvalue weighted by Crippen LogP contribution is -2.29. The van der Waals surface area contributed by atoms with Crippen LogP contribution in [0.2, 0.25) is 0 Å². The zero-order chi connectivity index (χ0) is 15.4. The third-order valence-corrected chi connectivity index (χ3v) is 4.74. The lowest BCUT2D eigenvalue weighted by molar-refractivity contribution is 0.0948. The number of benzene rings is 1. The number of fused-ring (bicyclic) bond motifs is 1. The fraction of sp³-hybridized carbons (Fsp3) is 0.400. The maximum Gasteiger partial charge on any atom is 0.263 e. The van der Waals surface area contributed by atoms with E-state index in [2.05, 4.69) is 5.32 Å². The van der Waals surface area contributed by atoms with Crippen molar-refractivity contribution in [3.63, 3.8) is 0 Å². The van der Waals surface area contributed by atoms with Gasteiger partial charge in [-0.3, -0.25) is 4.79 Å². The van der Waals surface area contributed by atoms with Gasteiger partial charge in [0.2, 0.25) is 0 Å². The van der Waals surface area contributed by atoms with Crippen molar-refractivity contribution in [3.8, 4) is 0 Å². The second kappa shape index (κ2) is 6.87. The first-order valence-corrected chi connectivity index (χ1v) is 7.75. The highest BCUT2D eigenvalue weighted by Crippen LogP contribution is 2.35. The van der Waals surface area contributed by atoms with Crippen LogP contribution in [0.15, 0.2) is 18.2 Å². The number of aliphatic hydroxyl groups is 1. The van der Waals surface area contributed by atoms with Gasteiger partial charge in [0.1, 0.15) is 10.7 Å². The smallest absolute Gasteiger partial charge is 0.263 e. The van der Waals surface area contributed by atoms with Crippen molar-refractivity contribution in [3.05, 3.63) is 28.9 Å². The molecule has 0 bridgehead atoms. The summed E-state index contributed by atoms with van der Waals surface area (Å²) in [6.07, 6.45) is 1.52. The number of nitrogen functional groups attached to an aromatic ring is 1. The normalized spacial score (nSPS) is 12.5. The molecule has 0 aliphatic carbocycles. The molecule has 1 atom stereocenters. The molecule has 1 amide bonds. The van der Waals surface area contributed by atoms with Crippen molar-refractivity contribution >= 4 is 33.0 Å². The third-order valence-electron chi connectivity index (χ3n) is 3.57. The quantitative estimate of drug-likeness (QED) is 0.768. The van der Waals surface area contributed by atoms with Crippen molar-refractivity contribution in [2.45, 2.75) is 19.8 Å². The van der Waals surface area contributed by atoms with Gasteiger partial charge in [0.15, 0.2) is 0 Å². The molecular formula is C15H19FN2O2S. The molecule has 1 aromatic carbocycles. The average Bonchev–Trinajstić information content (AvgIpc) is 2.81. The highest BCUT2D eigenvalue weighted by molar-refractivity contribution is 7.21. The zero-order valence-corrected chi connectivity index (χ0v) is 12.7. The predicted molar refractivity (Wildman–Crippen MR) is 84.0 cm³/mol. The number of aliphatic hydroxyl groups excluding tert-OH is 1. The van der Waals surface area contributed by atoms with Crippen LogP contribution in [-0.2, 0) is 0 Å². The van der Waals surface area contributed by atoms with Gasteiger partial charge in [0.05, 0.1) is 11.1 Å². The number of anilines is 1. The lowest BCUT2D eigenvalue weighted by atomic mass is 10.0. The van der Waals surface area contributed by atoms with Gasteiger partial charge in [-0.2, -0.15) is 0 Å². The van der Waals surface area contributed by atoms with Crippen LogP contribution in [0.1, 0.15) is 29.4 Å². The second-order valence-electron chi connectivity index (χ2n) is 4.95. The molecule has 0 saturated carbocycles. The van der Waals surface area contributed by atoms with Gasteiger partial charge >= 0.3 is 0 Å². The minimum absolute atomic E-state index is 0.102. The van der Waals surface area contributed by atoms with Crippen molar-refractivity contribution < 1.29 is 14.3 Å². The van der Waals surface area contributed by atoms with Crippen LogP contribution >= 0.6 is 11.3 Å². The molecule has 1 aromatic heterocycles. The van der Waals surface area contributed by atoms with E-state index in [1.165, 1.54) is 17.4 Å². The van der Waals surface area contributed by atoms with Crippen LogP contribution in [-0.4, -0.2) is 24.2 Å². The van der Waals surface area contributed by atoms with Gasteiger partial charge in [-0.15, -0.1) is 11.3 Å². The lowest BCUT2D eigenvalue weighted by Gasteiger charge is -2.13. The summed E-state index contributed by atoms with van der Waals surface area (Å²) in [6.45, 7) is 2.59. The van der Waals surface area contributed by atoms with Crippen LogP contribution in [0, 0.1) is 11.7 Å². The van der Waals surface area contributed by atoms with Crippen LogP contribution in [0.25, 0.3) is 10.1 Å². The van der Waals surface area contributed by atoms with Crippen LogP contribution in [0.5, 0.6) is 0 Å². The minimum Gasteiger partial charge on any atom is -0.397 e. The zero-order valence-electron chi connectivity index (χ0n) is 11.9. The summed E-state index contributed by atoms with van der Waals surface area (Å²) in [5.74, 6) is -0.470. The molecule has 0 spiro atoms. The second-order valence-corrected chi connectivity index (χ2v) is 6.01. The maximum absolute atomic E-state index is 13.8. The van der Waals surface area contributed by atoms with E-state index in [9.17, 15) is 9.18 Å². The number of carbonyl (C=O) groups excluding carboxylic acids is 1. The highest BCUT2D eigenvalue weighted by Gasteiger charge is 2.19. The summed E-state index contributed by atoms with van der Waals surface area (Å²) < 4.78 is 14.4. The number of carbonyl (C=O) groups is 1. The van der Waals surface area contributed by atoms with Crippen LogP contribution < -0.4 is 11.1 Å². The summed E-state index contributed by atoms with van der Waals surface area (Å²) in [5, 5.41) is 12.1. The number of nitrogens with two attached hydrogens (primary N) is 1. The molecule has 2 rings (SSSR count). The highest BCUT2D eigenvalue weighted by atomic mass is 32.1. The molecule has 0 saturated heterocycles. The largest absolute Gasteiger partial charge is 0.397 e. The first kappa shape index (κ1) is 15.7. The molecule has 0 aliphatic rings. The Labute approximate surface area is 126 Å². The van der Waals surface area contributed by atoms with Gasteiger partial charge in [-0.1, -0.05) is 19.4 Å². The van der Waals surface area contributed by atoms with E-state index in [-0.39, 0.29) is 24.1 Å². The predicted octanol–water partition coefficient (Wildman–Crippen LogP) is 2.76. The standard InChI is InChI=1S/C15H19FN2O2S/c1-2-9(6-7-19)8-18-15(20)14-13(17)12-10(16)4-3-5-11(12)21-14/h3-5,9,19H,2,6-8,17H2,1H3,(H,18,20). The number of hydrogen-bond acceptors (Lipinski definition) is 4. The van der Waals surface area contributed by atoms with E-state index < -0.39 is 5.82 Å². The fourth-order valence-corrected chi connectivity index (χ4v) is 3.30. The van der Waals surface area contributed by atoms with Crippen molar-refractivity contribution in [1.82, 2.24) is 5.32 Å². The first-order chi connectivity index (χ1) is 10.1. The van der Waals surface area contributed by atoms with Crippen LogP contribution in [0.4, 0.5) is 10.1 Å².